The molecule has 1 heterocycles. The highest BCUT2D eigenvalue weighted by atomic mass is 79.9. The van der Waals surface area contributed by atoms with Crippen LogP contribution in [0.25, 0.3) is 0 Å². The van der Waals surface area contributed by atoms with Gasteiger partial charge < -0.3 is 9.52 Å². The highest BCUT2D eigenvalue weighted by Crippen LogP contribution is 2.23. The molecule has 0 amide bonds. The number of furan rings is 1. The van der Waals surface area contributed by atoms with Gasteiger partial charge in [-0.1, -0.05) is 28.1 Å². The quantitative estimate of drug-likeness (QED) is 0.934. The van der Waals surface area contributed by atoms with Crippen LogP contribution in [0.3, 0.4) is 0 Å². The van der Waals surface area contributed by atoms with Gasteiger partial charge in [-0.05, 0) is 36.2 Å². The zero-order valence-corrected chi connectivity index (χ0v) is 11.4. The first-order valence-corrected chi connectivity index (χ1v) is 6.36. The van der Waals surface area contributed by atoms with E-state index in [1.54, 1.807) is 0 Å². The molecule has 5 heteroatoms. The van der Waals surface area contributed by atoms with E-state index in [0.717, 1.165) is 10.0 Å². The molecular weight excluding hydrogens is 310 g/mol. The van der Waals surface area contributed by atoms with Gasteiger partial charge in [-0.15, -0.1) is 0 Å². The Hall–Kier alpha value is -2.06. The lowest BCUT2D eigenvalue weighted by Crippen LogP contribution is -1.99. The lowest BCUT2D eigenvalue weighted by Gasteiger charge is -2.06. The molecule has 0 saturated carbocycles. The van der Waals surface area contributed by atoms with E-state index in [1.165, 1.54) is 12.1 Å². The van der Waals surface area contributed by atoms with Crippen LogP contribution in [0, 0.1) is 11.3 Å². The molecule has 0 aliphatic heterocycles. The summed E-state index contributed by atoms with van der Waals surface area (Å²) in [6.07, 6.45) is 0.482. The first kappa shape index (κ1) is 13.4. The Morgan fingerprint density at radius 3 is 2.53 bits per heavy atom. The summed E-state index contributed by atoms with van der Waals surface area (Å²) >= 11 is 3.34. The molecule has 0 radical (unpaired) electrons. The number of rotatable bonds is 4. The van der Waals surface area contributed by atoms with Crippen LogP contribution in [0.1, 0.15) is 27.8 Å². The number of hydrogen-bond donors (Lipinski definition) is 1. The second-order valence-corrected chi connectivity index (χ2v) is 4.94. The molecule has 96 valence electrons. The van der Waals surface area contributed by atoms with Gasteiger partial charge in [-0.3, -0.25) is 0 Å². The fraction of sp³-hybridized carbons (Fsp3) is 0.143. The van der Waals surface area contributed by atoms with Crippen molar-refractivity contribution in [1.29, 1.82) is 5.26 Å². The zero-order chi connectivity index (χ0) is 13.8. The smallest absolute Gasteiger partial charge is 0.371 e. The average Bonchev–Trinajstić information content (AvgIpc) is 2.88. The highest BCUT2D eigenvalue weighted by molar-refractivity contribution is 9.10. The van der Waals surface area contributed by atoms with Crippen molar-refractivity contribution in [2.45, 2.75) is 12.3 Å². The molecule has 1 atom stereocenters. The minimum absolute atomic E-state index is 0.147. The summed E-state index contributed by atoms with van der Waals surface area (Å²) in [7, 11) is 0. The van der Waals surface area contributed by atoms with Crippen LogP contribution in [0.2, 0.25) is 0 Å². The Bertz CT molecular complexity index is 625. The van der Waals surface area contributed by atoms with Crippen molar-refractivity contribution < 1.29 is 14.3 Å². The van der Waals surface area contributed by atoms with Gasteiger partial charge in [0.2, 0.25) is 5.76 Å². The number of carboxylic acids is 1. The first-order valence-electron chi connectivity index (χ1n) is 5.57. The van der Waals surface area contributed by atoms with Crippen LogP contribution in [0.5, 0.6) is 0 Å². The van der Waals surface area contributed by atoms with Crippen LogP contribution in [-0.4, -0.2) is 11.1 Å². The SMILES string of the molecule is N#CC(Cc1ccc(Br)cc1)c1ccc(C(=O)O)o1. The van der Waals surface area contributed by atoms with Crippen molar-refractivity contribution in [3.8, 4) is 6.07 Å². The van der Waals surface area contributed by atoms with Crippen LogP contribution in [-0.2, 0) is 6.42 Å². The van der Waals surface area contributed by atoms with Gasteiger partial charge in [0.05, 0.1) is 6.07 Å². The van der Waals surface area contributed by atoms with Gasteiger partial charge in [0.25, 0.3) is 0 Å². The normalized spacial score (nSPS) is 11.8. The van der Waals surface area contributed by atoms with Crippen molar-refractivity contribution in [2.24, 2.45) is 0 Å². The summed E-state index contributed by atoms with van der Waals surface area (Å²) in [4.78, 5) is 10.7. The monoisotopic (exact) mass is 319 g/mol. The van der Waals surface area contributed by atoms with Gasteiger partial charge in [0.15, 0.2) is 0 Å². The van der Waals surface area contributed by atoms with Crippen molar-refractivity contribution in [1.82, 2.24) is 0 Å². The molecule has 0 spiro atoms. The van der Waals surface area contributed by atoms with Gasteiger partial charge in [-0.2, -0.15) is 5.26 Å². The summed E-state index contributed by atoms with van der Waals surface area (Å²) in [5.74, 6) is -1.39. The third-order valence-electron chi connectivity index (χ3n) is 2.69. The number of nitriles is 1. The maximum Gasteiger partial charge on any atom is 0.371 e. The lowest BCUT2D eigenvalue weighted by atomic mass is 9.98. The number of carbonyl (C=O) groups is 1. The Labute approximate surface area is 118 Å². The molecule has 0 aliphatic rings. The maximum absolute atomic E-state index is 10.7. The number of nitrogens with zero attached hydrogens (tertiary/aromatic N) is 1. The predicted octanol–water partition coefficient (Wildman–Crippen LogP) is 3.59. The van der Waals surface area contributed by atoms with E-state index in [0.29, 0.717) is 12.2 Å². The topological polar surface area (TPSA) is 74.2 Å². The molecule has 2 rings (SSSR count). The molecule has 2 aromatic rings. The van der Waals surface area contributed by atoms with Gasteiger partial charge >= 0.3 is 5.97 Å². The molecule has 0 aliphatic carbocycles. The Balaban J connectivity index is 2.18. The van der Waals surface area contributed by atoms with Gasteiger partial charge in [0.1, 0.15) is 11.7 Å². The Morgan fingerprint density at radius 2 is 2.00 bits per heavy atom. The van der Waals surface area contributed by atoms with Gasteiger partial charge in [0, 0.05) is 4.47 Å². The lowest BCUT2D eigenvalue weighted by molar-refractivity contribution is 0.0660. The molecule has 4 nitrogen and oxygen atoms in total. The number of hydrogen-bond acceptors (Lipinski definition) is 3. The highest BCUT2D eigenvalue weighted by Gasteiger charge is 2.18. The molecule has 1 aromatic heterocycles. The summed E-state index contributed by atoms with van der Waals surface area (Å²) in [6, 6.07) is 12.7. The number of aromatic carboxylic acids is 1. The summed E-state index contributed by atoms with van der Waals surface area (Å²) < 4.78 is 6.13. The van der Waals surface area contributed by atoms with Crippen LogP contribution < -0.4 is 0 Å². The van der Waals surface area contributed by atoms with Crippen LogP contribution in [0.15, 0.2) is 45.3 Å². The number of carboxylic acid groups (broad SMARTS) is 1. The van der Waals surface area contributed by atoms with E-state index in [4.69, 9.17) is 9.52 Å². The Kier molecular flexibility index (Phi) is 4.03. The number of benzene rings is 1. The van der Waals surface area contributed by atoms with Crippen molar-refractivity contribution in [3.05, 3.63) is 58.0 Å². The summed E-state index contributed by atoms with van der Waals surface area (Å²) in [5.41, 5.74) is 0.989. The fourth-order valence-corrected chi connectivity index (χ4v) is 1.99. The van der Waals surface area contributed by atoms with E-state index in [1.807, 2.05) is 24.3 Å². The van der Waals surface area contributed by atoms with Crippen molar-refractivity contribution in [2.75, 3.05) is 0 Å². The number of halogens is 1. The van der Waals surface area contributed by atoms with Crippen molar-refractivity contribution >= 4 is 21.9 Å². The molecule has 1 N–H and O–H groups in total. The largest absolute Gasteiger partial charge is 0.475 e. The molecule has 1 unspecified atom stereocenters. The first-order chi connectivity index (χ1) is 9.10. The van der Waals surface area contributed by atoms with Crippen molar-refractivity contribution in [3.63, 3.8) is 0 Å². The van der Waals surface area contributed by atoms with Crippen LogP contribution >= 0.6 is 15.9 Å². The third kappa shape index (κ3) is 3.24. The van der Waals surface area contributed by atoms with E-state index in [9.17, 15) is 10.1 Å². The standard InChI is InChI=1S/C14H10BrNO3/c15-11-3-1-9(2-4-11)7-10(8-16)12-5-6-13(19-12)14(17)18/h1-6,10H,7H2,(H,17,18). The zero-order valence-electron chi connectivity index (χ0n) is 9.84. The summed E-state index contributed by atoms with van der Waals surface area (Å²) in [5, 5.41) is 18.0. The second-order valence-electron chi connectivity index (χ2n) is 4.02. The van der Waals surface area contributed by atoms with E-state index >= 15 is 0 Å². The molecule has 0 saturated heterocycles. The average molecular weight is 320 g/mol. The fourth-order valence-electron chi connectivity index (χ4n) is 1.72. The molecule has 19 heavy (non-hydrogen) atoms. The Morgan fingerprint density at radius 1 is 1.32 bits per heavy atom. The second kappa shape index (κ2) is 5.72. The van der Waals surface area contributed by atoms with Gasteiger partial charge in [-0.25, -0.2) is 4.79 Å². The van der Waals surface area contributed by atoms with E-state index in [-0.39, 0.29) is 5.76 Å². The molecule has 0 bridgehead atoms. The minimum Gasteiger partial charge on any atom is -0.475 e. The minimum atomic E-state index is -1.13. The maximum atomic E-state index is 10.7. The van der Waals surface area contributed by atoms with Crippen LogP contribution in [0.4, 0.5) is 0 Å². The van der Waals surface area contributed by atoms with E-state index < -0.39 is 11.9 Å². The third-order valence-corrected chi connectivity index (χ3v) is 3.22. The van der Waals surface area contributed by atoms with E-state index in [2.05, 4.69) is 22.0 Å². The molecule has 1 aromatic carbocycles. The molecule has 0 fully saturated rings. The molecular formula is C14H10BrNO3. The summed E-state index contributed by atoms with van der Waals surface area (Å²) in [6.45, 7) is 0. The predicted molar refractivity (Wildman–Crippen MR) is 71.9 cm³/mol.